The molecule has 0 spiro atoms. The third-order valence-electron chi connectivity index (χ3n) is 5.09. The summed E-state index contributed by atoms with van der Waals surface area (Å²) < 4.78 is 0. The van der Waals surface area contributed by atoms with Crippen LogP contribution in [0.5, 0.6) is 0 Å². The van der Waals surface area contributed by atoms with Crippen molar-refractivity contribution < 1.29 is 9.59 Å². The number of nitrogens with one attached hydrogen (secondary N) is 1. The van der Waals surface area contributed by atoms with Crippen LogP contribution in [0.4, 0.5) is 11.5 Å². The van der Waals surface area contributed by atoms with E-state index in [-0.39, 0.29) is 36.0 Å². The molecule has 2 heterocycles. The van der Waals surface area contributed by atoms with Crippen LogP contribution in [0, 0.1) is 0 Å². The largest absolute Gasteiger partial charge is 0.340 e. The lowest BCUT2D eigenvalue weighted by atomic mass is 10.0. The van der Waals surface area contributed by atoms with E-state index in [1.54, 1.807) is 6.20 Å². The van der Waals surface area contributed by atoms with Gasteiger partial charge in [-0.25, -0.2) is 9.97 Å². The molecule has 0 bridgehead atoms. The Labute approximate surface area is 160 Å². The van der Waals surface area contributed by atoms with Crippen LogP contribution in [0.2, 0.25) is 0 Å². The monoisotopic (exact) mass is 366 g/mol. The molecule has 2 aromatic rings. The molecule has 6 heteroatoms. The summed E-state index contributed by atoms with van der Waals surface area (Å²) >= 11 is 0. The van der Waals surface area contributed by atoms with Gasteiger partial charge in [0, 0.05) is 12.5 Å². The molecule has 1 atom stereocenters. The number of carbonyl (C=O) groups is 2. The number of rotatable bonds is 7. The third-order valence-corrected chi connectivity index (χ3v) is 5.09. The topological polar surface area (TPSA) is 75.2 Å². The first kappa shape index (κ1) is 19.0. The summed E-state index contributed by atoms with van der Waals surface area (Å²) in [5, 5.41) is 2.89. The average Bonchev–Trinajstić information content (AvgIpc) is 2.69. The van der Waals surface area contributed by atoms with Gasteiger partial charge in [-0.3, -0.25) is 9.59 Å². The van der Waals surface area contributed by atoms with Crippen LogP contribution in [0.25, 0.3) is 0 Å². The Bertz CT molecular complexity index is 818. The van der Waals surface area contributed by atoms with Gasteiger partial charge in [-0.05, 0) is 24.8 Å². The summed E-state index contributed by atoms with van der Waals surface area (Å²) in [6.45, 7) is 6.21. The van der Waals surface area contributed by atoms with E-state index in [4.69, 9.17) is 0 Å². The van der Waals surface area contributed by atoms with Crippen molar-refractivity contribution in [3.63, 3.8) is 0 Å². The SMILES string of the molecule is CCC(CC)N1c2nc(C(=O)Cc3ccccc3)ncc2NC(=O)[C@H]1CC. The summed E-state index contributed by atoms with van der Waals surface area (Å²) in [5.74, 6) is 0.684. The van der Waals surface area contributed by atoms with Gasteiger partial charge in [-0.15, -0.1) is 0 Å². The van der Waals surface area contributed by atoms with Crippen LogP contribution in [-0.4, -0.2) is 33.7 Å². The zero-order valence-electron chi connectivity index (χ0n) is 16.1. The Morgan fingerprint density at radius 1 is 1.19 bits per heavy atom. The van der Waals surface area contributed by atoms with E-state index in [1.165, 1.54) is 0 Å². The predicted octanol–water partition coefficient (Wildman–Crippen LogP) is 3.63. The van der Waals surface area contributed by atoms with E-state index in [0.29, 0.717) is 17.9 Å². The summed E-state index contributed by atoms with van der Waals surface area (Å²) in [5.41, 5.74) is 1.51. The molecular weight excluding hydrogens is 340 g/mol. The molecule has 0 unspecified atom stereocenters. The number of carbonyl (C=O) groups excluding carboxylic acids is 2. The Morgan fingerprint density at radius 2 is 1.89 bits per heavy atom. The molecule has 1 aromatic heterocycles. The number of nitrogens with zero attached hydrogens (tertiary/aromatic N) is 3. The minimum Gasteiger partial charge on any atom is -0.340 e. The highest BCUT2D eigenvalue weighted by Crippen LogP contribution is 2.34. The Morgan fingerprint density at radius 3 is 2.52 bits per heavy atom. The first-order chi connectivity index (χ1) is 13.1. The third kappa shape index (κ3) is 3.84. The van der Waals surface area contributed by atoms with E-state index in [1.807, 2.05) is 37.3 Å². The maximum Gasteiger partial charge on any atom is 0.247 e. The van der Waals surface area contributed by atoms with Crippen molar-refractivity contribution in [1.82, 2.24) is 9.97 Å². The lowest BCUT2D eigenvalue weighted by Crippen LogP contribution is -2.53. The van der Waals surface area contributed by atoms with Gasteiger partial charge in [0.15, 0.2) is 11.6 Å². The minimum absolute atomic E-state index is 0.0381. The van der Waals surface area contributed by atoms with Gasteiger partial charge >= 0.3 is 0 Å². The van der Waals surface area contributed by atoms with E-state index in [9.17, 15) is 9.59 Å². The van der Waals surface area contributed by atoms with Crippen LogP contribution in [0.3, 0.4) is 0 Å². The standard InChI is InChI=1S/C21H26N4O2/c1-4-15(5-2)25-17(6-3)21(27)23-16-13-22-19(24-20(16)25)18(26)12-14-10-8-7-9-11-14/h7-11,13,15,17H,4-6,12H2,1-3H3,(H,23,27)/t17-/m1/s1. The molecule has 0 fully saturated rings. The van der Waals surface area contributed by atoms with Crippen molar-refractivity contribution in [2.24, 2.45) is 0 Å². The molecule has 142 valence electrons. The van der Waals surface area contributed by atoms with Crippen LogP contribution >= 0.6 is 0 Å². The molecule has 0 radical (unpaired) electrons. The van der Waals surface area contributed by atoms with Crippen molar-refractivity contribution >= 4 is 23.2 Å². The van der Waals surface area contributed by atoms with E-state index >= 15 is 0 Å². The number of amides is 1. The fourth-order valence-corrected chi connectivity index (χ4v) is 3.63. The number of aromatic nitrogens is 2. The van der Waals surface area contributed by atoms with Gasteiger partial charge in [0.2, 0.25) is 11.7 Å². The maximum atomic E-state index is 12.7. The minimum atomic E-state index is -0.283. The van der Waals surface area contributed by atoms with Gasteiger partial charge < -0.3 is 10.2 Å². The normalized spacial score (nSPS) is 16.2. The quantitative estimate of drug-likeness (QED) is 0.758. The van der Waals surface area contributed by atoms with Crippen LogP contribution in [0.1, 0.15) is 56.2 Å². The van der Waals surface area contributed by atoms with Crippen molar-refractivity contribution in [2.75, 3.05) is 10.2 Å². The number of Topliss-reactive ketones (excluding diaryl/α,β-unsaturated/α-hetero) is 1. The molecule has 1 aliphatic heterocycles. The number of benzene rings is 1. The lowest BCUT2D eigenvalue weighted by Gasteiger charge is -2.41. The van der Waals surface area contributed by atoms with E-state index < -0.39 is 0 Å². The highest BCUT2D eigenvalue weighted by atomic mass is 16.2. The Balaban J connectivity index is 1.97. The average molecular weight is 366 g/mol. The second kappa shape index (κ2) is 8.29. The molecule has 1 N–H and O–H groups in total. The molecule has 1 aromatic carbocycles. The molecule has 0 saturated carbocycles. The number of hydrogen-bond donors (Lipinski definition) is 1. The molecule has 0 saturated heterocycles. The second-order valence-corrected chi connectivity index (χ2v) is 6.81. The summed E-state index contributed by atoms with van der Waals surface area (Å²) in [4.78, 5) is 36.1. The molecular formula is C21H26N4O2. The summed E-state index contributed by atoms with van der Waals surface area (Å²) in [6.07, 6.45) is 4.29. The van der Waals surface area contributed by atoms with Gasteiger partial charge in [-0.1, -0.05) is 51.1 Å². The summed E-state index contributed by atoms with van der Waals surface area (Å²) in [6, 6.07) is 9.48. The van der Waals surface area contributed by atoms with Crippen molar-refractivity contribution in [3.05, 3.63) is 47.9 Å². The van der Waals surface area contributed by atoms with Crippen LogP contribution in [-0.2, 0) is 11.2 Å². The van der Waals surface area contributed by atoms with Crippen molar-refractivity contribution in [2.45, 2.75) is 58.5 Å². The first-order valence-electron chi connectivity index (χ1n) is 9.62. The van der Waals surface area contributed by atoms with Crippen molar-refractivity contribution in [3.8, 4) is 0 Å². The van der Waals surface area contributed by atoms with Crippen LogP contribution < -0.4 is 10.2 Å². The zero-order chi connectivity index (χ0) is 19.4. The molecule has 3 rings (SSSR count). The predicted molar refractivity (Wildman–Crippen MR) is 106 cm³/mol. The Kier molecular flexibility index (Phi) is 5.84. The van der Waals surface area contributed by atoms with E-state index in [2.05, 4.69) is 34.0 Å². The number of anilines is 2. The van der Waals surface area contributed by atoms with Gasteiger partial charge in [0.1, 0.15) is 11.7 Å². The Hall–Kier alpha value is -2.76. The van der Waals surface area contributed by atoms with Crippen molar-refractivity contribution in [1.29, 1.82) is 0 Å². The molecule has 6 nitrogen and oxygen atoms in total. The zero-order valence-corrected chi connectivity index (χ0v) is 16.1. The first-order valence-corrected chi connectivity index (χ1v) is 9.62. The maximum absolute atomic E-state index is 12.7. The second-order valence-electron chi connectivity index (χ2n) is 6.81. The lowest BCUT2D eigenvalue weighted by molar-refractivity contribution is -0.117. The van der Waals surface area contributed by atoms with Crippen LogP contribution in [0.15, 0.2) is 36.5 Å². The van der Waals surface area contributed by atoms with E-state index in [0.717, 1.165) is 18.4 Å². The fraction of sp³-hybridized carbons (Fsp3) is 0.429. The fourth-order valence-electron chi connectivity index (χ4n) is 3.63. The molecule has 0 aliphatic carbocycles. The number of ketones is 1. The molecule has 27 heavy (non-hydrogen) atoms. The van der Waals surface area contributed by atoms with Gasteiger partial charge in [0.25, 0.3) is 0 Å². The highest BCUT2D eigenvalue weighted by Gasteiger charge is 2.36. The summed E-state index contributed by atoms with van der Waals surface area (Å²) in [7, 11) is 0. The smallest absolute Gasteiger partial charge is 0.247 e. The van der Waals surface area contributed by atoms with Gasteiger partial charge in [-0.2, -0.15) is 0 Å². The van der Waals surface area contributed by atoms with Gasteiger partial charge in [0.05, 0.1) is 6.20 Å². The molecule has 1 aliphatic rings. The number of hydrogen-bond acceptors (Lipinski definition) is 5. The highest BCUT2D eigenvalue weighted by molar-refractivity contribution is 6.03. The number of fused-ring (bicyclic) bond motifs is 1. The molecule has 1 amide bonds.